The van der Waals surface area contributed by atoms with Gasteiger partial charge in [0.15, 0.2) is 5.96 Å². The molecule has 2 aromatic rings. The van der Waals surface area contributed by atoms with Crippen molar-refractivity contribution in [3.63, 3.8) is 0 Å². The highest BCUT2D eigenvalue weighted by molar-refractivity contribution is 5.92. The van der Waals surface area contributed by atoms with E-state index >= 15 is 0 Å². The van der Waals surface area contributed by atoms with Gasteiger partial charge in [0.1, 0.15) is 5.75 Å². The fourth-order valence-electron chi connectivity index (χ4n) is 2.22. The van der Waals surface area contributed by atoms with Crippen molar-refractivity contribution in [2.24, 2.45) is 10.7 Å². The predicted molar refractivity (Wildman–Crippen MR) is 95.9 cm³/mol. The summed E-state index contributed by atoms with van der Waals surface area (Å²) in [6, 6.07) is 13.3. The smallest absolute Gasteiger partial charge is 0.406 e. The highest BCUT2D eigenvalue weighted by atomic mass is 19.4. The van der Waals surface area contributed by atoms with Crippen LogP contribution in [0, 0.1) is 0 Å². The van der Waals surface area contributed by atoms with E-state index in [9.17, 15) is 13.2 Å². The van der Waals surface area contributed by atoms with E-state index in [2.05, 4.69) is 19.9 Å². The number of alkyl halides is 3. The first-order chi connectivity index (χ1) is 12.2. The van der Waals surface area contributed by atoms with Gasteiger partial charge in [-0.1, -0.05) is 24.3 Å². The highest BCUT2D eigenvalue weighted by Crippen LogP contribution is 2.23. The lowest BCUT2D eigenvalue weighted by Crippen LogP contribution is -2.22. The summed E-state index contributed by atoms with van der Waals surface area (Å²) in [5, 5.41) is 2.82. The minimum absolute atomic E-state index is 0.173. The second kappa shape index (κ2) is 8.57. The maximum Gasteiger partial charge on any atom is 0.573 e. The first kappa shape index (κ1) is 19.6. The SMILES string of the molecule is CN(C)Cc1ccc(CN=C(N)Nc2ccc(OC(F)(F)F)cc2)cc1. The molecule has 2 aromatic carbocycles. The first-order valence-corrected chi connectivity index (χ1v) is 7.86. The summed E-state index contributed by atoms with van der Waals surface area (Å²) in [4.78, 5) is 6.31. The third-order valence-electron chi connectivity index (χ3n) is 3.31. The van der Waals surface area contributed by atoms with Crippen LogP contribution >= 0.6 is 0 Å². The van der Waals surface area contributed by atoms with Crippen LogP contribution in [-0.2, 0) is 13.1 Å². The first-order valence-electron chi connectivity index (χ1n) is 7.86. The molecule has 0 bridgehead atoms. The van der Waals surface area contributed by atoms with Crippen LogP contribution in [0.1, 0.15) is 11.1 Å². The van der Waals surface area contributed by atoms with Gasteiger partial charge in [-0.25, -0.2) is 4.99 Å². The van der Waals surface area contributed by atoms with Gasteiger partial charge >= 0.3 is 6.36 Å². The van der Waals surface area contributed by atoms with Crippen LogP contribution in [0.4, 0.5) is 18.9 Å². The zero-order valence-corrected chi connectivity index (χ0v) is 14.5. The van der Waals surface area contributed by atoms with Crippen molar-refractivity contribution in [1.82, 2.24) is 4.90 Å². The lowest BCUT2D eigenvalue weighted by Gasteiger charge is -2.10. The standard InChI is InChI=1S/C18H21F3N4O/c1-25(2)12-14-5-3-13(4-6-14)11-23-17(22)24-15-7-9-16(10-8-15)26-18(19,20)21/h3-10H,11-12H2,1-2H3,(H3,22,23,24). The second-order valence-electron chi connectivity index (χ2n) is 5.95. The molecule has 0 unspecified atom stereocenters. The van der Waals surface area contributed by atoms with Crippen LogP contribution in [-0.4, -0.2) is 31.3 Å². The third kappa shape index (κ3) is 7.02. The Kier molecular flexibility index (Phi) is 6.46. The van der Waals surface area contributed by atoms with Gasteiger partial charge in [0.25, 0.3) is 0 Å². The summed E-state index contributed by atoms with van der Waals surface area (Å²) in [7, 11) is 4.01. The number of nitrogens with one attached hydrogen (secondary N) is 1. The summed E-state index contributed by atoms with van der Waals surface area (Å²) in [5.41, 5.74) is 8.54. The number of guanidine groups is 1. The van der Waals surface area contributed by atoms with Gasteiger partial charge < -0.3 is 20.7 Å². The number of rotatable bonds is 6. The van der Waals surface area contributed by atoms with Crippen molar-refractivity contribution in [3.8, 4) is 5.75 Å². The predicted octanol–water partition coefficient (Wildman–Crippen LogP) is 3.57. The molecule has 0 aliphatic heterocycles. The summed E-state index contributed by atoms with van der Waals surface area (Å²) in [6.07, 6.45) is -4.71. The fraction of sp³-hybridized carbons (Fsp3) is 0.278. The highest BCUT2D eigenvalue weighted by Gasteiger charge is 2.30. The third-order valence-corrected chi connectivity index (χ3v) is 3.31. The maximum absolute atomic E-state index is 12.1. The van der Waals surface area contributed by atoms with Crippen LogP contribution < -0.4 is 15.8 Å². The number of hydrogen-bond donors (Lipinski definition) is 2. The molecule has 0 radical (unpaired) electrons. The maximum atomic E-state index is 12.1. The zero-order valence-electron chi connectivity index (χ0n) is 14.5. The van der Waals surface area contributed by atoms with E-state index in [1.807, 2.05) is 38.4 Å². The Balaban J connectivity index is 1.89. The van der Waals surface area contributed by atoms with Crippen molar-refractivity contribution in [3.05, 3.63) is 59.7 Å². The van der Waals surface area contributed by atoms with E-state index in [0.717, 1.165) is 12.1 Å². The monoisotopic (exact) mass is 366 g/mol. The van der Waals surface area contributed by atoms with Gasteiger partial charge in [-0.2, -0.15) is 0 Å². The molecule has 0 spiro atoms. The largest absolute Gasteiger partial charge is 0.573 e. The topological polar surface area (TPSA) is 62.9 Å². The molecule has 0 aliphatic rings. The van der Waals surface area contributed by atoms with Gasteiger partial charge in [-0.05, 0) is 49.5 Å². The number of nitrogens with two attached hydrogens (primary N) is 1. The molecule has 140 valence electrons. The Morgan fingerprint density at radius 3 is 2.15 bits per heavy atom. The summed E-state index contributed by atoms with van der Waals surface area (Å²) in [6.45, 7) is 1.26. The number of hydrogen-bond acceptors (Lipinski definition) is 3. The fourth-order valence-corrected chi connectivity index (χ4v) is 2.22. The van der Waals surface area contributed by atoms with Crippen molar-refractivity contribution in [2.75, 3.05) is 19.4 Å². The van der Waals surface area contributed by atoms with E-state index in [0.29, 0.717) is 12.2 Å². The number of aliphatic imine (C=N–C) groups is 1. The summed E-state index contributed by atoms with van der Waals surface area (Å²) >= 11 is 0. The summed E-state index contributed by atoms with van der Waals surface area (Å²) < 4.78 is 40.2. The molecule has 26 heavy (non-hydrogen) atoms. The van der Waals surface area contributed by atoms with E-state index < -0.39 is 6.36 Å². The molecule has 0 amide bonds. The lowest BCUT2D eigenvalue weighted by atomic mass is 10.1. The molecule has 0 saturated heterocycles. The Labute approximate surface area is 150 Å². The van der Waals surface area contributed by atoms with Gasteiger partial charge in [0, 0.05) is 12.2 Å². The van der Waals surface area contributed by atoms with Gasteiger partial charge in [0.2, 0.25) is 0 Å². The van der Waals surface area contributed by atoms with Crippen molar-refractivity contribution >= 4 is 11.6 Å². The van der Waals surface area contributed by atoms with Crippen molar-refractivity contribution in [2.45, 2.75) is 19.5 Å². The Morgan fingerprint density at radius 1 is 1.04 bits per heavy atom. The molecule has 0 aromatic heterocycles. The molecule has 8 heteroatoms. The van der Waals surface area contributed by atoms with Crippen LogP contribution in [0.3, 0.4) is 0 Å². The van der Waals surface area contributed by atoms with Gasteiger partial charge in [-0.3, -0.25) is 0 Å². The molecule has 0 fully saturated rings. The average Bonchev–Trinajstić information content (AvgIpc) is 2.54. The van der Waals surface area contributed by atoms with E-state index in [1.165, 1.54) is 29.8 Å². The molecule has 5 nitrogen and oxygen atoms in total. The number of ether oxygens (including phenoxy) is 1. The number of nitrogens with zero attached hydrogens (tertiary/aromatic N) is 2. The van der Waals surface area contributed by atoms with Crippen molar-refractivity contribution in [1.29, 1.82) is 0 Å². The van der Waals surface area contributed by atoms with Crippen LogP contribution in [0.2, 0.25) is 0 Å². The molecule has 0 atom stereocenters. The molecule has 0 saturated carbocycles. The van der Waals surface area contributed by atoms with E-state index in [1.54, 1.807) is 0 Å². The molecule has 0 heterocycles. The van der Waals surface area contributed by atoms with E-state index in [4.69, 9.17) is 5.73 Å². The quantitative estimate of drug-likeness (QED) is 0.606. The zero-order chi connectivity index (χ0) is 19.2. The molecule has 2 rings (SSSR count). The van der Waals surface area contributed by atoms with Crippen LogP contribution in [0.5, 0.6) is 5.75 Å². The minimum atomic E-state index is -4.71. The Bertz CT molecular complexity index is 726. The average molecular weight is 366 g/mol. The number of benzene rings is 2. The Hall–Kier alpha value is -2.74. The molecular formula is C18H21F3N4O. The van der Waals surface area contributed by atoms with Crippen molar-refractivity contribution < 1.29 is 17.9 Å². The van der Waals surface area contributed by atoms with E-state index in [-0.39, 0.29) is 11.7 Å². The number of anilines is 1. The second-order valence-corrected chi connectivity index (χ2v) is 5.95. The van der Waals surface area contributed by atoms with Crippen LogP contribution in [0.25, 0.3) is 0 Å². The van der Waals surface area contributed by atoms with Crippen LogP contribution in [0.15, 0.2) is 53.5 Å². The molecule has 0 aliphatic carbocycles. The van der Waals surface area contributed by atoms with Gasteiger partial charge in [0.05, 0.1) is 6.54 Å². The van der Waals surface area contributed by atoms with Gasteiger partial charge in [-0.15, -0.1) is 13.2 Å². The molecular weight excluding hydrogens is 345 g/mol. The summed E-state index contributed by atoms with van der Waals surface area (Å²) in [5.74, 6) is -0.122. The molecule has 3 N–H and O–H groups in total. The minimum Gasteiger partial charge on any atom is -0.406 e. The Morgan fingerprint density at radius 2 is 1.62 bits per heavy atom. The number of halogens is 3. The lowest BCUT2D eigenvalue weighted by molar-refractivity contribution is -0.274. The normalized spacial score (nSPS) is 12.3.